The fourth-order valence-electron chi connectivity index (χ4n) is 2.58. The molecule has 1 aliphatic rings. The predicted molar refractivity (Wildman–Crippen MR) is 81.2 cm³/mol. The number of benzene rings is 1. The van der Waals surface area contributed by atoms with Crippen LogP contribution in [0.25, 0.3) is 0 Å². The van der Waals surface area contributed by atoms with Crippen molar-refractivity contribution in [1.82, 2.24) is 5.32 Å². The van der Waals surface area contributed by atoms with Crippen molar-refractivity contribution < 1.29 is 18.3 Å². The second kappa shape index (κ2) is 6.74. The predicted octanol–water partition coefficient (Wildman–Crippen LogP) is -0.909. The van der Waals surface area contributed by atoms with Crippen molar-refractivity contribution in [3.05, 3.63) is 29.8 Å². The number of primary sulfonamides is 1. The number of amides is 1. The van der Waals surface area contributed by atoms with Crippen molar-refractivity contribution in [2.24, 2.45) is 16.8 Å². The van der Waals surface area contributed by atoms with Crippen LogP contribution in [0.2, 0.25) is 0 Å². The standard InChI is InChI=1S/C14H21N3O4S/c15-12-7-10(8-13(12)18)14(19)17-6-5-9-1-3-11(4-2-9)22(16,20)21/h1-4,10,12-13,18H,5-8,15H2,(H,17,19)(H2,16,20,21)/t10-,12+,13+/m0/s1. The molecule has 22 heavy (non-hydrogen) atoms. The highest BCUT2D eigenvalue weighted by molar-refractivity contribution is 7.89. The molecule has 0 saturated heterocycles. The molecule has 1 aromatic carbocycles. The molecule has 1 aliphatic carbocycles. The molecule has 2 rings (SSSR count). The highest BCUT2D eigenvalue weighted by atomic mass is 32.2. The molecular weight excluding hydrogens is 306 g/mol. The van der Waals surface area contributed by atoms with E-state index in [0.29, 0.717) is 25.8 Å². The zero-order valence-corrected chi connectivity index (χ0v) is 12.9. The van der Waals surface area contributed by atoms with E-state index < -0.39 is 16.1 Å². The number of aliphatic hydroxyl groups is 1. The van der Waals surface area contributed by atoms with Gasteiger partial charge in [0, 0.05) is 18.5 Å². The molecular formula is C14H21N3O4S. The Morgan fingerprint density at radius 3 is 2.41 bits per heavy atom. The summed E-state index contributed by atoms with van der Waals surface area (Å²) < 4.78 is 22.3. The van der Waals surface area contributed by atoms with E-state index in [1.165, 1.54) is 12.1 Å². The van der Waals surface area contributed by atoms with Gasteiger partial charge >= 0.3 is 0 Å². The van der Waals surface area contributed by atoms with E-state index in [4.69, 9.17) is 10.9 Å². The summed E-state index contributed by atoms with van der Waals surface area (Å²) in [6, 6.07) is 5.89. The first kappa shape index (κ1) is 16.9. The van der Waals surface area contributed by atoms with E-state index in [0.717, 1.165) is 5.56 Å². The summed E-state index contributed by atoms with van der Waals surface area (Å²) >= 11 is 0. The molecule has 3 atom stereocenters. The lowest BCUT2D eigenvalue weighted by atomic mass is 10.1. The van der Waals surface area contributed by atoms with Crippen LogP contribution >= 0.6 is 0 Å². The van der Waals surface area contributed by atoms with E-state index in [9.17, 15) is 18.3 Å². The average molecular weight is 327 g/mol. The normalized spacial score (nSPS) is 25.1. The maximum absolute atomic E-state index is 11.9. The van der Waals surface area contributed by atoms with Crippen LogP contribution in [0, 0.1) is 5.92 Å². The fourth-order valence-corrected chi connectivity index (χ4v) is 3.10. The van der Waals surface area contributed by atoms with Gasteiger partial charge in [0.2, 0.25) is 15.9 Å². The number of carbonyl (C=O) groups is 1. The van der Waals surface area contributed by atoms with E-state index in [2.05, 4.69) is 5.32 Å². The maximum atomic E-state index is 11.9. The minimum Gasteiger partial charge on any atom is -0.391 e. The number of nitrogens with one attached hydrogen (secondary N) is 1. The lowest BCUT2D eigenvalue weighted by Crippen LogP contribution is -2.32. The zero-order chi connectivity index (χ0) is 16.3. The number of hydrogen-bond acceptors (Lipinski definition) is 5. The van der Waals surface area contributed by atoms with Crippen LogP contribution in [0.3, 0.4) is 0 Å². The third kappa shape index (κ3) is 4.26. The van der Waals surface area contributed by atoms with Gasteiger partial charge in [-0.05, 0) is 37.0 Å². The van der Waals surface area contributed by atoms with Gasteiger partial charge in [-0.25, -0.2) is 13.6 Å². The molecule has 0 bridgehead atoms. The number of hydrogen-bond donors (Lipinski definition) is 4. The van der Waals surface area contributed by atoms with Crippen LogP contribution in [-0.2, 0) is 21.2 Å². The van der Waals surface area contributed by atoms with Gasteiger partial charge in [-0.1, -0.05) is 12.1 Å². The van der Waals surface area contributed by atoms with E-state index in [1.54, 1.807) is 12.1 Å². The lowest BCUT2D eigenvalue weighted by molar-refractivity contribution is -0.125. The highest BCUT2D eigenvalue weighted by Gasteiger charge is 2.34. The SMILES string of the molecule is N[C@@H]1C[C@H](C(=O)NCCc2ccc(S(N)(=O)=O)cc2)C[C@H]1O. The molecule has 0 spiro atoms. The summed E-state index contributed by atoms with van der Waals surface area (Å²) in [6.07, 6.45) is 0.867. The van der Waals surface area contributed by atoms with Crippen molar-refractivity contribution in [2.45, 2.75) is 36.3 Å². The van der Waals surface area contributed by atoms with Crippen LogP contribution in [0.1, 0.15) is 18.4 Å². The van der Waals surface area contributed by atoms with Crippen molar-refractivity contribution in [3.8, 4) is 0 Å². The molecule has 1 aromatic rings. The lowest BCUT2D eigenvalue weighted by Gasteiger charge is -2.10. The summed E-state index contributed by atoms with van der Waals surface area (Å²) in [5, 5.41) is 17.4. The monoisotopic (exact) mass is 327 g/mol. The van der Waals surface area contributed by atoms with Crippen molar-refractivity contribution in [3.63, 3.8) is 0 Å². The third-order valence-electron chi connectivity index (χ3n) is 3.91. The van der Waals surface area contributed by atoms with Gasteiger partial charge in [-0.3, -0.25) is 4.79 Å². The molecule has 7 nitrogen and oxygen atoms in total. The van der Waals surface area contributed by atoms with Gasteiger partial charge in [0.05, 0.1) is 11.0 Å². The average Bonchev–Trinajstić information content (AvgIpc) is 2.78. The van der Waals surface area contributed by atoms with Crippen molar-refractivity contribution in [2.75, 3.05) is 6.54 Å². The third-order valence-corrected chi connectivity index (χ3v) is 4.84. The van der Waals surface area contributed by atoms with Gasteiger partial charge in [0.25, 0.3) is 0 Å². The van der Waals surface area contributed by atoms with Crippen molar-refractivity contribution >= 4 is 15.9 Å². The van der Waals surface area contributed by atoms with Crippen LogP contribution in [0.5, 0.6) is 0 Å². The van der Waals surface area contributed by atoms with E-state index in [1.807, 2.05) is 0 Å². The molecule has 6 N–H and O–H groups in total. The molecule has 1 amide bonds. The van der Waals surface area contributed by atoms with Gasteiger partial charge in [-0.2, -0.15) is 0 Å². The summed E-state index contributed by atoms with van der Waals surface area (Å²) in [7, 11) is -3.68. The Bertz CT molecular complexity index is 620. The second-order valence-electron chi connectivity index (χ2n) is 5.63. The molecule has 0 aliphatic heterocycles. The quantitative estimate of drug-likeness (QED) is 0.555. The van der Waals surface area contributed by atoms with Gasteiger partial charge < -0.3 is 16.2 Å². The van der Waals surface area contributed by atoms with Gasteiger partial charge in [0.1, 0.15) is 0 Å². The number of sulfonamides is 1. The Hall–Kier alpha value is -1.48. The molecule has 1 fully saturated rings. The minimum absolute atomic E-state index is 0.0641. The van der Waals surface area contributed by atoms with Crippen LogP contribution in [0.4, 0.5) is 0 Å². The number of carbonyl (C=O) groups excluding carboxylic acids is 1. The molecule has 0 aromatic heterocycles. The Morgan fingerprint density at radius 2 is 1.91 bits per heavy atom. The summed E-state index contributed by atoms with van der Waals surface area (Å²) in [5.74, 6) is -0.345. The Kier molecular flexibility index (Phi) is 5.17. The molecule has 0 unspecified atom stereocenters. The first-order chi connectivity index (χ1) is 10.3. The summed E-state index contributed by atoms with van der Waals surface area (Å²) in [6.45, 7) is 0.440. The number of rotatable bonds is 5. The highest BCUT2D eigenvalue weighted by Crippen LogP contribution is 2.24. The maximum Gasteiger partial charge on any atom is 0.238 e. The zero-order valence-electron chi connectivity index (χ0n) is 12.1. The molecule has 0 heterocycles. The molecule has 0 radical (unpaired) electrons. The van der Waals surface area contributed by atoms with E-state index in [-0.39, 0.29) is 22.8 Å². The van der Waals surface area contributed by atoms with Crippen LogP contribution < -0.4 is 16.2 Å². The first-order valence-corrected chi connectivity index (χ1v) is 8.65. The minimum atomic E-state index is -3.68. The Balaban J connectivity index is 1.80. The van der Waals surface area contributed by atoms with Crippen LogP contribution in [-0.4, -0.2) is 38.1 Å². The van der Waals surface area contributed by atoms with Crippen molar-refractivity contribution in [1.29, 1.82) is 0 Å². The van der Waals surface area contributed by atoms with E-state index >= 15 is 0 Å². The number of aliphatic hydroxyl groups excluding tert-OH is 1. The largest absolute Gasteiger partial charge is 0.391 e. The molecule has 8 heteroatoms. The topological polar surface area (TPSA) is 136 Å². The second-order valence-corrected chi connectivity index (χ2v) is 7.19. The number of nitrogens with two attached hydrogens (primary N) is 2. The first-order valence-electron chi connectivity index (χ1n) is 7.10. The van der Waals surface area contributed by atoms with Crippen LogP contribution in [0.15, 0.2) is 29.2 Å². The fraction of sp³-hybridized carbons (Fsp3) is 0.500. The molecule has 122 valence electrons. The summed E-state index contributed by atoms with van der Waals surface area (Å²) in [5.41, 5.74) is 6.59. The van der Waals surface area contributed by atoms with Gasteiger partial charge in [0.15, 0.2) is 0 Å². The van der Waals surface area contributed by atoms with Gasteiger partial charge in [-0.15, -0.1) is 0 Å². The summed E-state index contributed by atoms with van der Waals surface area (Å²) in [4.78, 5) is 12.0. The molecule has 1 saturated carbocycles. The Morgan fingerprint density at radius 1 is 1.27 bits per heavy atom. The smallest absolute Gasteiger partial charge is 0.238 e. The Labute approximate surface area is 129 Å².